The van der Waals surface area contributed by atoms with E-state index in [9.17, 15) is 0 Å². The summed E-state index contributed by atoms with van der Waals surface area (Å²) < 4.78 is 6.25. The third-order valence-corrected chi connectivity index (χ3v) is 3.99. The van der Waals surface area contributed by atoms with Gasteiger partial charge in [0, 0.05) is 19.1 Å². The number of likely N-dealkylation sites (tertiary alicyclic amines) is 1. The molecule has 0 saturated carbocycles. The highest BCUT2D eigenvalue weighted by Gasteiger charge is 2.22. The maximum absolute atomic E-state index is 5.78. The second-order valence-corrected chi connectivity index (χ2v) is 5.33. The maximum Gasteiger partial charge on any atom is 0.133 e. The first-order chi connectivity index (χ1) is 8.24. The van der Waals surface area contributed by atoms with E-state index in [4.69, 9.17) is 10.5 Å². The molecule has 102 valence electrons. The molecule has 0 radical (unpaired) electrons. The minimum Gasteiger partial charge on any atom is -0.496 e. The predicted octanol–water partition coefficient (Wildman–Crippen LogP) is 2.80. The van der Waals surface area contributed by atoms with Crippen molar-refractivity contribution in [3.05, 3.63) is 28.2 Å². The second kappa shape index (κ2) is 7.34. The summed E-state index contributed by atoms with van der Waals surface area (Å²) in [6.45, 7) is 2.90. The number of nitrogens with zero attached hydrogens (tertiary/aromatic N) is 1. The molecule has 1 fully saturated rings. The summed E-state index contributed by atoms with van der Waals surface area (Å²) >= 11 is 3.52. The highest BCUT2D eigenvalue weighted by atomic mass is 79.9. The fourth-order valence-electron chi connectivity index (χ4n) is 2.41. The molecule has 1 aromatic carbocycles. The first-order valence-corrected chi connectivity index (χ1v) is 6.80. The lowest BCUT2D eigenvalue weighted by Gasteiger charge is -2.23. The number of hydrogen-bond donors (Lipinski definition) is 1. The minimum atomic E-state index is 0. The summed E-state index contributed by atoms with van der Waals surface area (Å²) in [4.78, 5) is 2.47. The molecule has 2 N–H and O–H groups in total. The van der Waals surface area contributed by atoms with E-state index in [0.29, 0.717) is 6.04 Å². The van der Waals surface area contributed by atoms with Crippen molar-refractivity contribution in [2.75, 3.05) is 20.2 Å². The summed E-state index contributed by atoms with van der Waals surface area (Å²) in [7, 11) is 1.69. The second-order valence-electron chi connectivity index (χ2n) is 4.47. The number of hydrogen-bond acceptors (Lipinski definition) is 3. The van der Waals surface area contributed by atoms with Crippen molar-refractivity contribution in [1.29, 1.82) is 0 Å². The SMILES string of the molecule is COc1ccc(CN2CCCC2CN)cc1Br.Cl. The van der Waals surface area contributed by atoms with Crippen molar-refractivity contribution in [3.63, 3.8) is 0 Å². The molecule has 0 aromatic heterocycles. The predicted molar refractivity (Wildman–Crippen MR) is 80.4 cm³/mol. The molecule has 0 amide bonds. The van der Waals surface area contributed by atoms with Crippen LogP contribution in [0.25, 0.3) is 0 Å². The van der Waals surface area contributed by atoms with Crippen molar-refractivity contribution in [3.8, 4) is 5.75 Å². The van der Waals surface area contributed by atoms with Gasteiger partial charge in [-0.05, 0) is 53.0 Å². The molecule has 0 bridgehead atoms. The van der Waals surface area contributed by atoms with Gasteiger partial charge in [-0.15, -0.1) is 12.4 Å². The van der Waals surface area contributed by atoms with Crippen molar-refractivity contribution in [2.24, 2.45) is 5.73 Å². The van der Waals surface area contributed by atoms with Gasteiger partial charge in [-0.25, -0.2) is 0 Å². The van der Waals surface area contributed by atoms with E-state index in [1.807, 2.05) is 6.07 Å². The van der Waals surface area contributed by atoms with Crippen LogP contribution in [0.5, 0.6) is 5.75 Å². The van der Waals surface area contributed by atoms with Gasteiger partial charge in [-0.3, -0.25) is 4.90 Å². The Balaban J connectivity index is 0.00000162. The molecular formula is C13H20BrClN2O. The van der Waals surface area contributed by atoms with Crippen molar-refractivity contribution in [2.45, 2.75) is 25.4 Å². The van der Waals surface area contributed by atoms with Gasteiger partial charge in [0.25, 0.3) is 0 Å². The van der Waals surface area contributed by atoms with Crippen LogP contribution in [-0.4, -0.2) is 31.1 Å². The number of rotatable bonds is 4. The van der Waals surface area contributed by atoms with Gasteiger partial charge in [0.15, 0.2) is 0 Å². The first kappa shape index (κ1) is 15.8. The van der Waals surface area contributed by atoms with Gasteiger partial charge >= 0.3 is 0 Å². The average molecular weight is 336 g/mol. The van der Waals surface area contributed by atoms with Crippen LogP contribution < -0.4 is 10.5 Å². The van der Waals surface area contributed by atoms with Gasteiger partial charge in [0.2, 0.25) is 0 Å². The molecule has 1 aliphatic heterocycles. The van der Waals surface area contributed by atoms with E-state index in [-0.39, 0.29) is 12.4 Å². The lowest BCUT2D eigenvalue weighted by atomic mass is 10.2. The molecule has 1 heterocycles. The smallest absolute Gasteiger partial charge is 0.133 e. The van der Waals surface area contributed by atoms with Crippen LogP contribution in [0.4, 0.5) is 0 Å². The molecule has 1 atom stereocenters. The van der Waals surface area contributed by atoms with Crippen LogP contribution >= 0.6 is 28.3 Å². The Labute approximate surface area is 123 Å². The third kappa shape index (κ3) is 3.60. The van der Waals surface area contributed by atoms with Gasteiger partial charge in [0.1, 0.15) is 5.75 Å². The molecule has 1 aromatic rings. The zero-order valence-corrected chi connectivity index (χ0v) is 13.0. The Kier molecular flexibility index (Phi) is 6.43. The van der Waals surface area contributed by atoms with Gasteiger partial charge in [0.05, 0.1) is 11.6 Å². The van der Waals surface area contributed by atoms with E-state index in [1.165, 1.54) is 18.4 Å². The maximum atomic E-state index is 5.78. The normalized spacial score (nSPS) is 19.6. The number of methoxy groups -OCH3 is 1. The lowest BCUT2D eigenvalue weighted by molar-refractivity contribution is 0.250. The lowest BCUT2D eigenvalue weighted by Crippen LogP contribution is -2.34. The molecule has 18 heavy (non-hydrogen) atoms. The fraction of sp³-hybridized carbons (Fsp3) is 0.538. The summed E-state index contributed by atoms with van der Waals surface area (Å²) in [5.74, 6) is 0.880. The van der Waals surface area contributed by atoms with Gasteiger partial charge in [-0.1, -0.05) is 6.07 Å². The summed E-state index contributed by atoms with van der Waals surface area (Å²) in [5.41, 5.74) is 7.09. The van der Waals surface area contributed by atoms with E-state index < -0.39 is 0 Å². The van der Waals surface area contributed by atoms with Gasteiger partial charge < -0.3 is 10.5 Å². The molecule has 1 aliphatic rings. The van der Waals surface area contributed by atoms with E-state index in [1.54, 1.807) is 7.11 Å². The van der Waals surface area contributed by atoms with Crippen LogP contribution in [0.2, 0.25) is 0 Å². The Morgan fingerprint density at radius 1 is 1.50 bits per heavy atom. The molecule has 0 spiro atoms. The summed E-state index contributed by atoms with van der Waals surface area (Å²) in [6, 6.07) is 6.81. The van der Waals surface area contributed by atoms with Crippen LogP contribution in [0.15, 0.2) is 22.7 Å². The topological polar surface area (TPSA) is 38.5 Å². The van der Waals surface area contributed by atoms with Crippen molar-refractivity contribution in [1.82, 2.24) is 4.90 Å². The van der Waals surface area contributed by atoms with Gasteiger partial charge in [-0.2, -0.15) is 0 Å². The van der Waals surface area contributed by atoms with Crippen molar-refractivity contribution >= 4 is 28.3 Å². The number of benzene rings is 1. The number of nitrogens with two attached hydrogens (primary N) is 1. The van der Waals surface area contributed by atoms with Crippen LogP contribution in [0.3, 0.4) is 0 Å². The Morgan fingerprint density at radius 3 is 2.89 bits per heavy atom. The first-order valence-electron chi connectivity index (χ1n) is 6.01. The highest BCUT2D eigenvalue weighted by Crippen LogP contribution is 2.27. The highest BCUT2D eigenvalue weighted by molar-refractivity contribution is 9.10. The number of ether oxygens (including phenoxy) is 1. The Bertz CT molecular complexity index is 389. The fourth-order valence-corrected chi connectivity index (χ4v) is 3.00. The quantitative estimate of drug-likeness (QED) is 0.919. The minimum absolute atomic E-state index is 0. The van der Waals surface area contributed by atoms with Crippen LogP contribution in [0, 0.1) is 0 Å². The number of halogens is 2. The third-order valence-electron chi connectivity index (χ3n) is 3.37. The monoisotopic (exact) mass is 334 g/mol. The molecule has 5 heteroatoms. The van der Waals surface area contributed by atoms with E-state index >= 15 is 0 Å². The van der Waals surface area contributed by atoms with Crippen LogP contribution in [0.1, 0.15) is 18.4 Å². The Morgan fingerprint density at radius 2 is 2.28 bits per heavy atom. The zero-order chi connectivity index (χ0) is 12.3. The van der Waals surface area contributed by atoms with Crippen LogP contribution in [-0.2, 0) is 6.54 Å². The van der Waals surface area contributed by atoms with Crippen molar-refractivity contribution < 1.29 is 4.74 Å². The standard InChI is InChI=1S/C13H19BrN2O.ClH/c1-17-13-5-4-10(7-12(13)14)9-16-6-2-3-11(16)8-15;/h4-5,7,11H,2-3,6,8-9,15H2,1H3;1H. The largest absolute Gasteiger partial charge is 0.496 e. The van der Waals surface area contributed by atoms with E-state index in [0.717, 1.165) is 29.9 Å². The molecular weight excluding hydrogens is 316 g/mol. The summed E-state index contributed by atoms with van der Waals surface area (Å²) in [6.07, 6.45) is 2.49. The molecule has 2 rings (SSSR count). The average Bonchev–Trinajstić information content (AvgIpc) is 2.76. The molecule has 0 aliphatic carbocycles. The Hall–Kier alpha value is -0.290. The zero-order valence-electron chi connectivity index (χ0n) is 10.6. The molecule has 1 saturated heterocycles. The molecule has 1 unspecified atom stereocenters. The van der Waals surface area contributed by atoms with E-state index in [2.05, 4.69) is 33.0 Å². The molecule has 3 nitrogen and oxygen atoms in total. The summed E-state index contributed by atoms with van der Waals surface area (Å²) in [5, 5.41) is 0.